The van der Waals surface area contributed by atoms with Crippen molar-refractivity contribution >= 4 is 37.1 Å². The summed E-state index contributed by atoms with van der Waals surface area (Å²) in [6, 6.07) is 12.6. The summed E-state index contributed by atoms with van der Waals surface area (Å²) in [5.41, 5.74) is 3.29. The number of hydrogen-bond donors (Lipinski definition) is 1. The van der Waals surface area contributed by atoms with Crippen molar-refractivity contribution in [3.63, 3.8) is 0 Å². The molecule has 0 atom stereocenters. The summed E-state index contributed by atoms with van der Waals surface area (Å²) in [6.45, 7) is 8.97. The number of ether oxygens (including phenoxy) is 1. The van der Waals surface area contributed by atoms with E-state index in [0.29, 0.717) is 55.1 Å². The van der Waals surface area contributed by atoms with Crippen LogP contribution in [0, 0.1) is 20.8 Å². The molecule has 0 aliphatic carbocycles. The summed E-state index contributed by atoms with van der Waals surface area (Å²) >= 11 is 1.33. The van der Waals surface area contributed by atoms with Crippen LogP contribution in [0.25, 0.3) is 32.0 Å². The Hall–Kier alpha value is -4.22. The highest BCUT2D eigenvalue weighted by atomic mass is 32.2. The second-order valence-corrected chi connectivity index (χ2v) is 11.5. The molecule has 9 nitrogen and oxygen atoms in total. The quantitative estimate of drug-likeness (QED) is 0.268. The Morgan fingerprint density at radius 3 is 2.47 bits per heavy atom. The van der Waals surface area contributed by atoms with Gasteiger partial charge in [-0.05, 0) is 49.2 Å². The first-order valence-electron chi connectivity index (χ1n) is 11.5. The molecule has 0 unspecified atom stereocenters. The number of nitrogens with one attached hydrogen (secondary N) is 1. The van der Waals surface area contributed by atoms with E-state index in [1.807, 2.05) is 32.0 Å². The van der Waals surface area contributed by atoms with Crippen molar-refractivity contribution in [2.75, 3.05) is 4.72 Å². The van der Waals surface area contributed by atoms with Crippen LogP contribution in [0.1, 0.15) is 17.0 Å². The predicted octanol–water partition coefficient (Wildman–Crippen LogP) is 5.92. The fourth-order valence-electron chi connectivity index (χ4n) is 4.11. The van der Waals surface area contributed by atoms with Crippen molar-refractivity contribution in [3.8, 4) is 33.4 Å². The number of fused-ring (bicyclic) bond motifs is 1. The zero-order valence-corrected chi connectivity index (χ0v) is 22.7. The molecule has 0 saturated heterocycles. The molecule has 2 aromatic carbocycles. The molecule has 194 valence electrons. The van der Waals surface area contributed by atoms with Crippen LogP contribution in [-0.2, 0) is 17.1 Å². The number of pyridine rings is 1. The van der Waals surface area contributed by atoms with Gasteiger partial charge in [-0.15, -0.1) is 21.5 Å². The monoisotopic (exact) mass is 548 g/mol. The highest BCUT2D eigenvalue weighted by Crippen LogP contribution is 2.43. The number of para-hydroxylation sites is 1. The van der Waals surface area contributed by atoms with Crippen molar-refractivity contribution in [3.05, 3.63) is 88.0 Å². The molecule has 0 amide bonds. The van der Waals surface area contributed by atoms with Gasteiger partial charge in [-0.1, -0.05) is 24.8 Å². The fraction of sp³-hybridized carbons (Fsp3) is 0.148. The summed E-state index contributed by atoms with van der Waals surface area (Å²) in [4.78, 5) is 13.7. The van der Waals surface area contributed by atoms with E-state index in [4.69, 9.17) is 9.15 Å². The maximum atomic E-state index is 13.1. The first kappa shape index (κ1) is 25.4. The van der Waals surface area contributed by atoms with E-state index in [1.54, 1.807) is 44.4 Å². The Morgan fingerprint density at radius 1 is 1.08 bits per heavy atom. The molecule has 38 heavy (non-hydrogen) atoms. The van der Waals surface area contributed by atoms with E-state index >= 15 is 0 Å². The molecule has 11 heteroatoms. The van der Waals surface area contributed by atoms with Crippen molar-refractivity contribution in [2.24, 2.45) is 7.05 Å². The lowest BCUT2D eigenvalue weighted by Crippen LogP contribution is -2.15. The van der Waals surface area contributed by atoms with Crippen LogP contribution in [-0.4, -0.2) is 23.2 Å². The highest BCUT2D eigenvalue weighted by Gasteiger charge is 2.21. The number of nitrogens with zero attached hydrogens (tertiary/aromatic N) is 3. The summed E-state index contributed by atoms with van der Waals surface area (Å²) in [5, 5.41) is 9.31. The molecule has 5 rings (SSSR count). The van der Waals surface area contributed by atoms with Gasteiger partial charge in [-0.25, -0.2) is 8.42 Å². The molecule has 0 fully saturated rings. The number of aryl methyl sites for hydroxylation is 4. The average molecular weight is 549 g/mol. The predicted molar refractivity (Wildman–Crippen MR) is 149 cm³/mol. The largest absolute Gasteiger partial charge is 0.456 e. The van der Waals surface area contributed by atoms with Crippen LogP contribution in [0.5, 0.6) is 11.5 Å². The normalized spacial score (nSPS) is 11.6. The lowest BCUT2D eigenvalue weighted by Gasteiger charge is -2.17. The summed E-state index contributed by atoms with van der Waals surface area (Å²) in [6.07, 6.45) is 1.71. The van der Waals surface area contributed by atoms with Gasteiger partial charge in [0.1, 0.15) is 11.5 Å². The van der Waals surface area contributed by atoms with Gasteiger partial charge < -0.3 is 13.7 Å². The van der Waals surface area contributed by atoms with Crippen molar-refractivity contribution in [2.45, 2.75) is 20.8 Å². The molecule has 0 bridgehead atoms. The third-order valence-electron chi connectivity index (χ3n) is 5.96. The minimum atomic E-state index is -3.75. The Kier molecular flexibility index (Phi) is 6.41. The zero-order chi connectivity index (χ0) is 27.2. The Morgan fingerprint density at radius 2 is 1.82 bits per heavy atom. The molecule has 1 N–H and O–H groups in total. The van der Waals surface area contributed by atoms with Gasteiger partial charge in [0.25, 0.3) is 21.5 Å². The average Bonchev–Trinajstić information content (AvgIpc) is 3.51. The molecule has 3 aromatic heterocycles. The molecule has 0 spiro atoms. The topological polar surface area (TPSA) is 116 Å². The first-order chi connectivity index (χ1) is 18.1. The first-order valence-corrected chi connectivity index (χ1v) is 13.9. The van der Waals surface area contributed by atoms with Gasteiger partial charge in [0.2, 0.25) is 5.89 Å². The van der Waals surface area contributed by atoms with Crippen molar-refractivity contribution in [1.82, 2.24) is 14.8 Å². The molecular formula is C27H24N4O5S2. The lowest BCUT2D eigenvalue weighted by atomic mass is 10.0. The Labute approximate surface area is 223 Å². The van der Waals surface area contributed by atoms with E-state index in [0.717, 1.165) is 16.5 Å². The van der Waals surface area contributed by atoms with E-state index < -0.39 is 10.0 Å². The third-order valence-corrected chi connectivity index (χ3v) is 8.07. The maximum absolute atomic E-state index is 13.1. The van der Waals surface area contributed by atoms with Crippen LogP contribution in [0.4, 0.5) is 5.69 Å². The number of anilines is 1. The van der Waals surface area contributed by atoms with E-state index in [2.05, 4.69) is 21.5 Å². The molecule has 0 aliphatic heterocycles. The van der Waals surface area contributed by atoms with Gasteiger partial charge in [0.15, 0.2) is 0 Å². The summed E-state index contributed by atoms with van der Waals surface area (Å²) in [5.74, 6) is 1.92. The molecule has 0 saturated carbocycles. The van der Waals surface area contributed by atoms with E-state index in [-0.39, 0.29) is 5.56 Å². The number of benzene rings is 2. The molecular weight excluding hydrogens is 524 g/mol. The van der Waals surface area contributed by atoms with Gasteiger partial charge >= 0.3 is 0 Å². The second kappa shape index (κ2) is 9.58. The standard InChI is InChI=1S/C27H24N4O5S2/c1-6-38(33,34)30-18-10-11-22(36-24-15(2)8-7-9-16(24)3)19(12-18)21-14-31(5)27(32)20-13-23(37-25(20)21)26-29-28-17(4)35-26/h6-14,30H,1H2,2-5H3. The van der Waals surface area contributed by atoms with Crippen LogP contribution >= 0.6 is 11.3 Å². The smallest absolute Gasteiger partial charge is 0.259 e. The van der Waals surface area contributed by atoms with Crippen molar-refractivity contribution in [1.29, 1.82) is 0 Å². The molecule has 5 aromatic rings. The third kappa shape index (κ3) is 4.73. The number of rotatable bonds is 7. The van der Waals surface area contributed by atoms with Crippen LogP contribution in [0.15, 0.2) is 69.9 Å². The Bertz CT molecular complexity index is 1860. The number of hydrogen-bond acceptors (Lipinski definition) is 8. The van der Waals surface area contributed by atoms with Crippen molar-refractivity contribution < 1.29 is 17.6 Å². The SMILES string of the molecule is C=CS(=O)(=O)Nc1ccc(Oc2c(C)cccc2C)c(-c2cn(C)c(=O)c3cc(-c4nnc(C)o4)sc23)c1. The van der Waals surface area contributed by atoms with Gasteiger partial charge in [-0.3, -0.25) is 9.52 Å². The van der Waals surface area contributed by atoms with Crippen LogP contribution in [0.3, 0.4) is 0 Å². The van der Waals surface area contributed by atoms with E-state index in [1.165, 1.54) is 15.9 Å². The number of thiophene rings is 1. The van der Waals surface area contributed by atoms with Gasteiger partial charge in [0.05, 0.1) is 15.0 Å². The van der Waals surface area contributed by atoms with Gasteiger partial charge in [-0.2, -0.15) is 0 Å². The van der Waals surface area contributed by atoms with Crippen LogP contribution in [0.2, 0.25) is 0 Å². The van der Waals surface area contributed by atoms with E-state index in [9.17, 15) is 13.2 Å². The molecule has 3 heterocycles. The van der Waals surface area contributed by atoms with Crippen LogP contribution < -0.4 is 15.0 Å². The highest BCUT2D eigenvalue weighted by molar-refractivity contribution is 7.95. The minimum Gasteiger partial charge on any atom is -0.456 e. The molecule has 0 radical (unpaired) electrons. The minimum absolute atomic E-state index is 0.191. The molecule has 0 aliphatic rings. The lowest BCUT2D eigenvalue weighted by molar-refractivity contribution is 0.477. The Balaban J connectivity index is 1.76. The fourth-order valence-corrected chi connectivity index (χ4v) is 5.75. The number of sulfonamides is 1. The van der Waals surface area contributed by atoms with Gasteiger partial charge in [0, 0.05) is 42.4 Å². The summed E-state index contributed by atoms with van der Waals surface area (Å²) < 4.78 is 41.1. The second-order valence-electron chi connectivity index (χ2n) is 8.79. The summed E-state index contributed by atoms with van der Waals surface area (Å²) in [7, 11) is -2.09. The zero-order valence-electron chi connectivity index (χ0n) is 21.1. The number of aromatic nitrogens is 3. The maximum Gasteiger partial charge on any atom is 0.259 e.